The van der Waals surface area contributed by atoms with Crippen LogP contribution in [-0.4, -0.2) is 54.0 Å². The van der Waals surface area contributed by atoms with Crippen LogP contribution in [0.5, 0.6) is 0 Å². The van der Waals surface area contributed by atoms with E-state index < -0.39 is 53.5 Å². The summed E-state index contributed by atoms with van der Waals surface area (Å²) in [4.78, 5) is 0.0412. The first-order valence-electron chi connectivity index (χ1n) is 11.8. The van der Waals surface area contributed by atoms with E-state index in [0.29, 0.717) is 0 Å². The van der Waals surface area contributed by atoms with Crippen molar-refractivity contribution < 1.29 is 30.4 Å². The lowest BCUT2D eigenvalue weighted by atomic mass is 10.1. The van der Waals surface area contributed by atoms with Gasteiger partial charge in [-0.15, -0.1) is 0 Å². The van der Waals surface area contributed by atoms with Crippen LogP contribution in [0, 0.1) is 27.7 Å². The molecule has 0 radical (unpaired) electrons. The quantitative estimate of drug-likeness (QED) is 0.439. The smallest absolute Gasteiger partial charge is 0.264 e. The minimum atomic E-state index is -4.29. The average molecular weight is 579 g/mol. The first kappa shape index (κ1) is 28.1. The maximum atomic E-state index is 13.8. The molecule has 0 amide bonds. The van der Waals surface area contributed by atoms with Crippen LogP contribution >= 0.6 is 0 Å². The van der Waals surface area contributed by atoms with E-state index in [0.717, 1.165) is 26.6 Å². The van der Waals surface area contributed by atoms with Crippen LogP contribution in [-0.2, 0) is 29.9 Å². The highest BCUT2D eigenvalue weighted by atomic mass is 32.2. The van der Waals surface area contributed by atoms with Gasteiger partial charge >= 0.3 is 0 Å². The van der Waals surface area contributed by atoms with E-state index in [1.807, 2.05) is 20.8 Å². The number of nitrogens with zero attached hydrogens (tertiary/aromatic N) is 1. The summed E-state index contributed by atoms with van der Waals surface area (Å²) in [5.74, 6) is -1.09. The second kappa shape index (κ2) is 9.99. The average Bonchev–Trinajstić information content (AvgIpc) is 3.09. The number of hydrogen-bond donors (Lipinski definition) is 2. The summed E-state index contributed by atoms with van der Waals surface area (Å²) in [6.07, 6.45) is -1.43. The zero-order chi connectivity index (χ0) is 28.0. The predicted octanol–water partition coefficient (Wildman–Crippen LogP) is 3.07. The Morgan fingerprint density at radius 1 is 0.763 bits per heavy atom. The molecule has 0 saturated carbocycles. The fourth-order valence-corrected chi connectivity index (χ4v) is 9.07. The SMILES string of the molecule is Cc1ccc(S(=O)(=O)Nc2ccc(N([C@@H]3CS(=O)(=O)C[C@H]3O)S(=O)(=O)c3ccc(C)c(C)c3)cc2)cc1C. The van der Waals surface area contributed by atoms with Crippen molar-refractivity contribution in [3.05, 3.63) is 82.9 Å². The number of benzene rings is 3. The molecule has 38 heavy (non-hydrogen) atoms. The van der Waals surface area contributed by atoms with Crippen LogP contribution in [0.3, 0.4) is 0 Å². The molecule has 1 aliphatic rings. The highest BCUT2D eigenvalue weighted by Gasteiger charge is 2.45. The molecule has 0 unspecified atom stereocenters. The number of nitrogens with one attached hydrogen (secondary N) is 1. The molecule has 4 rings (SSSR count). The first-order chi connectivity index (χ1) is 17.6. The normalized spacial score (nSPS) is 19.3. The second-order valence-corrected chi connectivity index (χ2v) is 15.3. The minimum absolute atomic E-state index is 0.0448. The summed E-state index contributed by atoms with van der Waals surface area (Å²) in [6.45, 7) is 7.30. The molecule has 0 spiro atoms. The van der Waals surface area contributed by atoms with Gasteiger partial charge in [0.1, 0.15) is 0 Å². The van der Waals surface area contributed by atoms with Crippen molar-refractivity contribution in [3.8, 4) is 0 Å². The van der Waals surface area contributed by atoms with Crippen molar-refractivity contribution in [3.63, 3.8) is 0 Å². The Labute approximate surface area is 224 Å². The van der Waals surface area contributed by atoms with Crippen molar-refractivity contribution in [2.45, 2.75) is 49.6 Å². The summed E-state index contributed by atoms with van der Waals surface area (Å²) < 4.78 is 81.4. The number of aliphatic hydroxyl groups is 1. The van der Waals surface area contributed by atoms with E-state index in [4.69, 9.17) is 0 Å². The van der Waals surface area contributed by atoms with Crippen LogP contribution in [0.1, 0.15) is 22.3 Å². The second-order valence-electron chi connectivity index (χ2n) is 9.66. The van der Waals surface area contributed by atoms with Gasteiger partial charge in [0.05, 0.1) is 39.1 Å². The Balaban J connectivity index is 1.73. The summed E-state index contributed by atoms with van der Waals surface area (Å²) in [5, 5.41) is 10.6. The molecule has 1 aliphatic heterocycles. The molecule has 9 nitrogen and oxygen atoms in total. The molecule has 3 aromatic rings. The van der Waals surface area contributed by atoms with E-state index in [9.17, 15) is 30.4 Å². The van der Waals surface area contributed by atoms with Gasteiger partial charge in [-0.2, -0.15) is 0 Å². The maximum Gasteiger partial charge on any atom is 0.264 e. The lowest BCUT2D eigenvalue weighted by Gasteiger charge is -2.31. The minimum Gasteiger partial charge on any atom is -0.390 e. The third-order valence-corrected chi connectivity index (χ3v) is 11.7. The number of sulfone groups is 1. The molecule has 0 aliphatic carbocycles. The van der Waals surface area contributed by atoms with E-state index in [-0.39, 0.29) is 21.2 Å². The number of aryl methyl sites for hydroxylation is 4. The third kappa shape index (κ3) is 5.58. The predicted molar refractivity (Wildman–Crippen MR) is 147 cm³/mol. The van der Waals surface area contributed by atoms with Gasteiger partial charge in [0.15, 0.2) is 9.84 Å². The molecule has 204 valence electrons. The molecule has 1 heterocycles. The summed E-state index contributed by atoms with van der Waals surface area (Å²) in [6, 6.07) is 13.7. The molecule has 1 saturated heterocycles. The van der Waals surface area contributed by atoms with E-state index in [2.05, 4.69) is 4.72 Å². The first-order valence-corrected chi connectivity index (χ1v) is 16.6. The Hall–Kier alpha value is -2.93. The van der Waals surface area contributed by atoms with Gasteiger partial charge in [-0.25, -0.2) is 25.3 Å². The van der Waals surface area contributed by atoms with Gasteiger partial charge in [0.25, 0.3) is 20.0 Å². The van der Waals surface area contributed by atoms with Crippen LogP contribution in [0.4, 0.5) is 11.4 Å². The molecule has 3 aromatic carbocycles. The Bertz CT molecular complexity index is 1700. The molecule has 2 N–H and O–H groups in total. The molecule has 12 heteroatoms. The highest BCUT2D eigenvalue weighted by molar-refractivity contribution is 7.93. The third-order valence-electron chi connectivity index (χ3n) is 6.79. The molecular weight excluding hydrogens is 548 g/mol. The molecule has 1 fully saturated rings. The van der Waals surface area contributed by atoms with Gasteiger partial charge in [0, 0.05) is 5.69 Å². The van der Waals surface area contributed by atoms with Crippen LogP contribution in [0.15, 0.2) is 70.5 Å². The standard InChI is InChI=1S/C26H30N2O7S3/c1-17-5-11-23(13-19(17)3)37(32,33)27-21-7-9-22(10-8-21)28(25-15-36(30,31)16-26(25)29)38(34,35)24-12-6-18(2)20(4)14-24/h5-14,25-27,29H,15-16H2,1-4H3/t25-,26-/m1/s1. The van der Waals surface area contributed by atoms with E-state index >= 15 is 0 Å². The summed E-state index contributed by atoms with van der Waals surface area (Å²) in [7, 11) is -11.9. The van der Waals surface area contributed by atoms with Crippen molar-refractivity contribution in [2.24, 2.45) is 0 Å². The van der Waals surface area contributed by atoms with Gasteiger partial charge in [-0.05, 0) is 98.5 Å². The van der Waals surface area contributed by atoms with Crippen molar-refractivity contribution in [2.75, 3.05) is 20.5 Å². The van der Waals surface area contributed by atoms with Gasteiger partial charge < -0.3 is 5.11 Å². The summed E-state index contributed by atoms with van der Waals surface area (Å²) >= 11 is 0. The zero-order valence-electron chi connectivity index (χ0n) is 21.4. The number of anilines is 2. The monoisotopic (exact) mass is 578 g/mol. The fraction of sp³-hybridized carbons (Fsp3) is 0.308. The number of hydrogen-bond acceptors (Lipinski definition) is 7. The number of rotatable bonds is 7. The maximum absolute atomic E-state index is 13.8. The zero-order valence-corrected chi connectivity index (χ0v) is 23.9. The summed E-state index contributed by atoms with van der Waals surface area (Å²) in [5.41, 5.74) is 3.68. The topological polar surface area (TPSA) is 138 Å². The van der Waals surface area contributed by atoms with E-state index in [1.165, 1.54) is 42.5 Å². The largest absolute Gasteiger partial charge is 0.390 e. The van der Waals surface area contributed by atoms with Crippen LogP contribution in [0.25, 0.3) is 0 Å². The van der Waals surface area contributed by atoms with Crippen LogP contribution in [0.2, 0.25) is 0 Å². The Morgan fingerprint density at radius 3 is 1.79 bits per heavy atom. The lowest BCUT2D eigenvalue weighted by Crippen LogP contribution is -2.47. The van der Waals surface area contributed by atoms with Crippen molar-refractivity contribution in [1.82, 2.24) is 0 Å². The molecule has 0 bridgehead atoms. The molecule has 2 atom stereocenters. The highest BCUT2D eigenvalue weighted by Crippen LogP contribution is 2.33. The molecule has 0 aromatic heterocycles. The van der Waals surface area contributed by atoms with E-state index in [1.54, 1.807) is 25.1 Å². The van der Waals surface area contributed by atoms with Crippen molar-refractivity contribution in [1.29, 1.82) is 0 Å². The fourth-order valence-electron chi connectivity index (χ4n) is 4.30. The van der Waals surface area contributed by atoms with Crippen LogP contribution < -0.4 is 9.03 Å². The van der Waals surface area contributed by atoms with Crippen molar-refractivity contribution >= 4 is 41.3 Å². The van der Waals surface area contributed by atoms with Gasteiger partial charge in [0.2, 0.25) is 0 Å². The molecular formula is C26H30N2O7S3. The lowest BCUT2D eigenvalue weighted by molar-refractivity contribution is 0.184. The Kier molecular flexibility index (Phi) is 7.38. The number of sulfonamides is 2. The number of aliphatic hydroxyl groups excluding tert-OH is 1. The Morgan fingerprint density at radius 2 is 1.29 bits per heavy atom. The van der Waals surface area contributed by atoms with Gasteiger partial charge in [-0.1, -0.05) is 12.1 Å². The van der Waals surface area contributed by atoms with Gasteiger partial charge in [-0.3, -0.25) is 9.03 Å².